The second-order valence-electron chi connectivity index (χ2n) is 4.59. The molecular formula is C15H16ClNO2S. The third-order valence-electron chi connectivity index (χ3n) is 3.11. The van der Waals surface area contributed by atoms with Crippen molar-refractivity contribution < 1.29 is 9.90 Å². The number of carbonyl (C=O) groups is 1. The lowest BCUT2D eigenvalue weighted by Crippen LogP contribution is -2.29. The van der Waals surface area contributed by atoms with E-state index in [9.17, 15) is 4.79 Å². The summed E-state index contributed by atoms with van der Waals surface area (Å²) in [6, 6.07) is 5.01. The van der Waals surface area contributed by atoms with Crippen LogP contribution in [0.3, 0.4) is 0 Å². The van der Waals surface area contributed by atoms with Gasteiger partial charge in [0.15, 0.2) is 0 Å². The van der Waals surface area contributed by atoms with E-state index in [1.165, 1.54) is 12.2 Å². The number of halogens is 1. The van der Waals surface area contributed by atoms with Gasteiger partial charge in [-0.1, -0.05) is 23.4 Å². The van der Waals surface area contributed by atoms with Crippen LogP contribution >= 0.6 is 23.4 Å². The molecule has 1 unspecified atom stereocenters. The van der Waals surface area contributed by atoms with Gasteiger partial charge in [-0.15, -0.1) is 0 Å². The van der Waals surface area contributed by atoms with Gasteiger partial charge in [-0.3, -0.25) is 4.79 Å². The van der Waals surface area contributed by atoms with Crippen molar-refractivity contribution in [1.29, 1.82) is 0 Å². The maximum Gasteiger partial charge on any atom is 0.251 e. The zero-order valence-electron chi connectivity index (χ0n) is 11.0. The van der Waals surface area contributed by atoms with Crippen molar-refractivity contribution in [2.24, 2.45) is 5.92 Å². The van der Waals surface area contributed by atoms with Crippen LogP contribution in [0.2, 0.25) is 5.02 Å². The van der Waals surface area contributed by atoms with Gasteiger partial charge in [0.05, 0.1) is 5.02 Å². The summed E-state index contributed by atoms with van der Waals surface area (Å²) >= 11 is 8.00. The number of amides is 1. The quantitative estimate of drug-likeness (QED) is 0.841. The standard InChI is InChI=1S/C15H16ClNO2S/c16-14-8-13(4-3-12(14)2-1-6-18)15(19)17-9-11-5-7-20-10-11/h3-4,8,11,18H,5-7,9-10H2,(H,17,19). The molecule has 0 radical (unpaired) electrons. The first kappa shape index (κ1) is 15.2. The molecule has 5 heteroatoms. The summed E-state index contributed by atoms with van der Waals surface area (Å²) in [5.74, 6) is 8.05. The van der Waals surface area contributed by atoms with Crippen molar-refractivity contribution >= 4 is 29.3 Å². The predicted octanol–water partition coefficient (Wildman–Crippen LogP) is 2.17. The summed E-state index contributed by atoms with van der Waals surface area (Å²) in [5, 5.41) is 12.0. The SMILES string of the molecule is O=C(NCC1CCSC1)c1ccc(C#CCO)c(Cl)c1. The van der Waals surface area contributed by atoms with Crippen LogP contribution in [0.5, 0.6) is 0 Å². The van der Waals surface area contributed by atoms with Crippen molar-refractivity contribution in [3.63, 3.8) is 0 Å². The number of thioether (sulfide) groups is 1. The molecule has 0 bridgehead atoms. The Bertz CT molecular complexity index is 545. The lowest BCUT2D eigenvalue weighted by Gasteiger charge is -2.10. The largest absolute Gasteiger partial charge is 0.384 e. The normalized spacial score (nSPS) is 17.4. The molecule has 1 aliphatic rings. The van der Waals surface area contributed by atoms with Gasteiger partial charge >= 0.3 is 0 Å². The number of carbonyl (C=O) groups excluding carboxylic acids is 1. The van der Waals surface area contributed by atoms with Gasteiger partial charge < -0.3 is 10.4 Å². The number of aliphatic hydroxyl groups is 1. The van der Waals surface area contributed by atoms with E-state index in [-0.39, 0.29) is 12.5 Å². The Morgan fingerprint density at radius 1 is 1.55 bits per heavy atom. The van der Waals surface area contributed by atoms with E-state index >= 15 is 0 Å². The summed E-state index contributed by atoms with van der Waals surface area (Å²) in [6.07, 6.45) is 1.17. The number of nitrogens with one attached hydrogen (secondary N) is 1. The van der Waals surface area contributed by atoms with E-state index in [1.54, 1.807) is 18.2 Å². The van der Waals surface area contributed by atoms with E-state index < -0.39 is 0 Å². The van der Waals surface area contributed by atoms with E-state index in [0.717, 1.165) is 12.3 Å². The lowest BCUT2D eigenvalue weighted by molar-refractivity contribution is 0.0948. The summed E-state index contributed by atoms with van der Waals surface area (Å²) in [6.45, 7) is 0.507. The smallest absolute Gasteiger partial charge is 0.251 e. The summed E-state index contributed by atoms with van der Waals surface area (Å²) < 4.78 is 0. The van der Waals surface area contributed by atoms with Crippen LogP contribution in [-0.4, -0.2) is 35.7 Å². The van der Waals surface area contributed by atoms with Crippen LogP contribution in [0.25, 0.3) is 0 Å². The molecule has 2 rings (SSSR count). The number of hydrogen-bond donors (Lipinski definition) is 2. The highest BCUT2D eigenvalue weighted by molar-refractivity contribution is 7.99. The van der Waals surface area contributed by atoms with Crippen LogP contribution in [0, 0.1) is 17.8 Å². The molecule has 0 aliphatic carbocycles. The zero-order valence-corrected chi connectivity index (χ0v) is 12.6. The molecule has 1 aromatic rings. The van der Waals surface area contributed by atoms with Crippen LogP contribution in [0.4, 0.5) is 0 Å². The van der Waals surface area contributed by atoms with Crippen LogP contribution in [-0.2, 0) is 0 Å². The molecule has 1 aliphatic heterocycles. The van der Waals surface area contributed by atoms with Gasteiger partial charge in [0.25, 0.3) is 5.91 Å². The highest BCUT2D eigenvalue weighted by Gasteiger charge is 2.16. The minimum atomic E-state index is -0.210. The Balaban J connectivity index is 1.97. The molecule has 0 spiro atoms. The molecule has 1 atom stereocenters. The second-order valence-corrected chi connectivity index (χ2v) is 6.15. The lowest BCUT2D eigenvalue weighted by atomic mass is 10.1. The second kappa shape index (κ2) is 7.58. The molecule has 1 amide bonds. The van der Waals surface area contributed by atoms with Crippen LogP contribution in [0.1, 0.15) is 22.3 Å². The first-order valence-corrected chi connectivity index (χ1v) is 7.99. The molecule has 0 saturated carbocycles. The fourth-order valence-corrected chi connectivity index (χ4v) is 3.49. The molecule has 0 aromatic heterocycles. The molecule has 2 N–H and O–H groups in total. The molecule has 20 heavy (non-hydrogen) atoms. The van der Waals surface area contributed by atoms with Crippen molar-refractivity contribution in [1.82, 2.24) is 5.32 Å². The monoisotopic (exact) mass is 309 g/mol. The van der Waals surface area contributed by atoms with Crippen LogP contribution < -0.4 is 5.32 Å². The zero-order chi connectivity index (χ0) is 14.4. The Morgan fingerprint density at radius 2 is 2.40 bits per heavy atom. The maximum atomic E-state index is 12.0. The Morgan fingerprint density at radius 3 is 3.05 bits per heavy atom. The van der Waals surface area contributed by atoms with Gasteiger partial charge in [0, 0.05) is 17.7 Å². The highest BCUT2D eigenvalue weighted by Crippen LogP contribution is 2.22. The Hall–Kier alpha value is -1.15. The molecular weight excluding hydrogens is 294 g/mol. The summed E-state index contributed by atoms with van der Waals surface area (Å²) in [5.41, 5.74) is 1.15. The number of aliphatic hydroxyl groups excluding tert-OH is 1. The minimum absolute atomic E-state index is 0.106. The summed E-state index contributed by atoms with van der Waals surface area (Å²) in [4.78, 5) is 12.0. The highest BCUT2D eigenvalue weighted by atomic mass is 35.5. The Kier molecular flexibility index (Phi) is 5.78. The molecule has 1 fully saturated rings. The number of hydrogen-bond acceptors (Lipinski definition) is 3. The first-order chi connectivity index (χ1) is 9.70. The molecule has 106 valence electrons. The summed E-state index contributed by atoms with van der Waals surface area (Å²) in [7, 11) is 0. The van der Waals surface area contributed by atoms with Gasteiger partial charge in [-0.05, 0) is 42.0 Å². The molecule has 1 heterocycles. The number of benzene rings is 1. The average molecular weight is 310 g/mol. The fraction of sp³-hybridized carbons (Fsp3) is 0.400. The predicted molar refractivity (Wildman–Crippen MR) is 83.2 cm³/mol. The van der Waals surface area contributed by atoms with Gasteiger partial charge in [0.2, 0.25) is 0 Å². The van der Waals surface area contributed by atoms with Crippen molar-refractivity contribution in [3.8, 4) is 11.8 Å². The van der Waals surface area contributed by atoms with E-state index in [4.69, 9.17) is 16.7 Å². The van der Waals surface area contributed by atoms with Crippen molar-refractivity contribution in [2.45, 2.75) is 6.42 Å². The Labute approximate surface area is 128 Å². The molecule has 3 nitrogen and oxygen atoms in total. The average Bonchev–Trinajstić information content (AvgIpc) is 2.96. The molecule has 1 saturated heterocycles. The third-order valence-corrected chi connectivity index (χ3v) is 4.65. The molecule has 1 aromatic carbocycles. The third kappa shape index (κ3) is 4.17. The van der Waals surface area contributed by atoms with Gasteiger partial charge in [-0.25, -0.2) is 0 Å². The first-order valence-electron chi connectivity index (χ1n) is 6.46. The fourth-order valence-electron chi connectivity index (χ4n) is 1.98. The van der Waals surface area contributed by atoms with Crippen molar-refractivity contribution in [3.05, 3.63) is 34.3 Å². The van der Waals surface area contributed by atoms with Gasteiger partial charge in [0.1, 0.15) is 6.61 Å². The van der Waals surface area contributed by atoms with E-state index in [0.29, 0.717) is 22.1 Å². The van der Waals surface area contributed by atoms with Crippen molar-refractivity contribution in [2.75, 3.05) is 24.7 Å². The topological polar surface area (TPSA) is 49.3 Å². The minimum Gasteiger partial charge on any atom is -0.384 e. The van der Waals surface area contributed by atoms with Gasteiger partial charge in [-0.2, -0.15) is 11.8 Å². The maximum absolute atomic E-state index is 12.0. The van der Waals surface area contributed by atoms with E-state index in [2.05, 4.69) is 17.2 Å². The van der Waals surface area contributed by atoms with E-state index in [1.807, 2.05) is 11.8 Å². The van der Waals surface area contributed by atoms with Crippen LogP contribution in [0.15, 0.2) is 18.2 Å². The number of rotatable bonds is 3.